The van der Waals surface area contributed by atoms with Gasteiger partial charge < -0.3 is 4.57 Å². The minimum absolute atomic E-state index is 0.371. The van der Waals surface area contributed by atoms with Crippen molar-refractivity contribution < 1.29 is 4.79 Å². The van der Waals surface area contributed by atoms with Crippen LogP contribution in [0.3, 0.4) is 0 Å². The summed E-state index contributed by atoms with van der Waals surface area (Å²) >= 11 is 0. The van der Waals surface area contributed by atoms with Crippen LogP contribution in [-0.2, 0) is 6.42 Å². The van der Waals surface area contributed by atoms with Gasteiger partial charge >= 0.3 is 0 Å². The van der Waals surface area contributed by atoms with Crippen LogP contribution in [0.25, 0.3) is 0 Å². The number of ketones is 1. The van der Waals surface area contributed by atoms with Gasteiger partial charge in [0.25, 0.3) is 0 Å². The molecule has 1 heterocycles. The number of Topliss-reactive ketones (excluding diaryl/α,β-unsaturated/α-hetero) is 1. The average Bonchev–Trinajstić information content (AvgIpc) is 3.20. The topological polar surface area (TPSA) is 22.0 Å². The first-order valence-electron chi connectivity index (χ1n) is 7.07. The second-order valence-electron chi connectivity index (χ2n) is 6.03. The first kappa shape index (κ1) is 9.93. The van der Waals surface area contributed by atoms with E-state index in [9.17, 15) is 4.79 Å². The van der Waals surface area contributed by atoms with E-state index < -0.39 is 0 Å². The summed E-state index contributed by atoms with van der Waals surface area (Å²) in [7, 11) is 0. The van der Waals surface area contributed by atoms with Gasteiger partial charge in [-0.3, -0.25) is 4.79 Å². The highest BCUT2D eigenvalue weighted by Gasteiger charge is 2.43. The Morgan fingerprint density at radius 3 is 2.47 bits per heavy atom. The molecule has 2 saturated carbocycles. The Morgan fingerprint density at radius 2 is 1.82 bits per heavy atom. The van der Waals surface area contributed by atoms with Gasteiger partial charge in [-0.2, -0.15) is 0 Å². The monoisotopic (exact) mass is 229 g/mol. The Balaban J connectivity index is 1.74. The van der Waals surface area contributed by atoms with Crippen molar-refractivity contribution in [2.45, 2.75) is 51.0 Å². The first-order chi connectivity index (χ1) is 8.34. The van der Waals surface area contributed by atoms with E-state index in [4.69, 9.17) is 0 Å². The number of hydrogen-bond acceptors (Lipinski definition) is 1. The number of fused-ring (bicyclic) bond motifs is 1. The summed E-state index contributed by atoms with van der Waals surface area (Å²) in [5.41, 5.74) is 2.38. The maximum atomic E-state index is 11.9. The van der Waals surface area contributed by atoms with Crippen molar-refractivity contribution in [2.24, 2.45) is 11.8 Å². The first-order valence-corrected chi connectivity index (χ1v) is 7.07. The zero-order chi connectivity index (χ0) is 11.4. The molecule has 0 spiro atoms. The summed E-state index contributed by atoms with van der Waals surface area (Å²) in [6, 6.07) is 2.80. The molecule has 0 aliphatic heterocycles. The highest BCUT2D eigenvalue weighted by Crippen LogP contribution is 2.52. The molecule has 3 aliphatic rings. The second kappa shape index (κ2) is 3.47. The fraction of sp³-hybridized carbons (Fsp3) is 0.667. The molecular formula is C15H19NO. The molecule has 2 fully saturated rings. The maximum absolute atomic E-state index is 11.9. The normalized spacial score (nSPS) is 24.2. The minimum atomic E-state index is 0.371. The molecule has 0 amide bonds. The zero-order valence-electron chi connectivity index (χ0n) is 10.2. The van der Waals surface area contributed by atoms with Crippen molar-refractivity contribution in [2.75, 3.05) is 0 Å². The Hall–Kier alpha value is -1.05. The molecule has 0 N–H and O–H groups in total. The molecule has 0 unspecified atom stereocenters. The van der Waals surface area contributed by atoms with Crippen LogP contribution in [0.4, 0.5) is 0 Å². The van der Waals surface area contributed by atoms with E-state index in [0.717, 1.165) is 42.7 Å². The Morgan fingerprint density at radius 1 is 1.12 bits per heavy atom. The van der Waals surface area contributed by atoms with E-state index >= 15 is 0 Å². The summed E-state index contributed by atoms with van der Waals surface area (Å²) in [4.78, 5) is 11.9. The molecule has 1 aromatic rings. The Kier molecular flexibility index (Phi) is 2.03. The van der Waals surface area contributed by atoms with E-state index in [2.05, 4.69) is 16.8 Å². The summed E-state index contributed by atoms with van der Waals surface area (Å²) in [6.45, 7) is 0. The van der Waals surface area contributed by atoms with E-state index in [1.54, 1.807) is 0 Å². The fourth-order valence-electron chi connectivity index (χ4n) is 3.54. The van der Waals surface area contributed by atoms with Gasteiger partial charge in [0.05, 0.1) is 0 Å². The van der Waals surface area contributed by atoms with Crippen LogP contribution in [0.2, 0.25) is 0 Å². The van der Waals surface area contributed by atoms with Crippen molar-refractivity contribution in [3.05, 3.63) is 23.5 Å². The van der Waals surface area contributed by atoms with E-state index in [1.807, 2.05) is 0 Å². The van der Waals surface area contributed by atoms with Gasteiger partial charge in [-0.05, 0) is 56.4 Å². The van der Waals surface area contributed by atoms with Gasteiger partial charge in [-0.1, -0.05) is 0 Å². The van der Waals surface area contributed by atoms with Crippen LogP contribution in [-0.4, -0.2) is 10.4 Å². The van der Waals surface area contributed by atoms with Gasteiger partial charge in [0.2, 0.25) is 0 Å². The molecule has 90 valence electrons. The lowest BCUT2D eigenvalue weighted by molar-refractivity contribution is 0.0971. The minimum Gasteiger partial charge on any atom is -0.347 e. The van der Waals surface area contributed by atoms with Crippen molar-refractivity contribution in [3.8, 4) is 0 Å². The predicted molar refractivity (Wildman–Crippen MR) is 66.2 cm³/mol. The zero-order valence-corrected chi connectivity index (χ0v) is 10.2. The molecule has 4 rings (SSSR count). The number of nitrogens with zero attached hydrogens (tertiary/aromatic N) is 1. The van der Waals surface area contributed by atoms with Crippen molar-refractivity contribution >= 4 is 5.78 Å². The van der Waals surface area contributed by atoms with Gasteiger partial charge in [0.15, 0.2) is 5.78 Å². The molecule has 2 heteroatoms. The lowest BCUT2D eigenvalue weighted by atomic mass is 9.96. The average molecular weight is 229 g/mol. The van der Waals surface area contributed by atoms with Crippen LogP contribution >= 0.6 is 0 Å². The lowest BCUT2D eigenvalue weighted by Crippen LogP contribution is -2.19. The number of hydrogen-bond donors (Lipinski definition) is 0. The number of carbonyl (C=O) groups is 1. The predicted octanol–water partition coefficient (Wildman–Crippen LogP) is 3.37. The van der Waals surface area contributed by atoms with Crippen molar-refractivity contribution in [3.63, 3.8) is 0 Å². The van der Waals surface area contributed by atoms with E-state index in [-0.39, 0.29) is 0 Å². The standard InChI is InChI=1S/C15H19NO/c17-14-3-1-2-13-12(14)8-9-16(13)15(10-4-5-10)11-6-7-11/h8-11,15H,1-7H2. The Bertz CT molecular complexity index is 453. The maximum Gasteiger partial charge on any atom is 0.164 e. The van der Waals surface area contributed by atoms with Crippen LogP contribution in [0, 0.1) is 11.8 Å². The molecular weight excluding hydrogens is 210 g/mol. The van der Waals surface area contributed by atoms with Crippen LogP contribution in [0.15, 0.2) is 12.3 Å². The summed E-state index contributed by atoms with van der Waals surface area (Å²) < 4.78 is 2.49. The molecule has 0 aromatic carbocycles. The van der Waals surface area contributed by atoms with Gasteiger partial charge in [-0.25, -0.2) is 0 Å². The highest BCUT2D eigenvalue weighted by atomic mass is 16.1. The quantitative estimate of drug-likeness (QED) is 0.779. The van der Waals surface area contributed by atoms with Crippen molar-refractivity contribution in [1.82, 2.24) is 4.57 Å². The third-order valence-electron chi connectivity index (χ3n) is 4.67. The van der Waals surface area contributed by atoms with Crippen molar-refractivity contribution in [1.29, 1.82) is 0 Å². The fourth-order valence-corrected chi connectivity index (χ4v) is 3.54. The van der Waals surface area contributed by atoms with Gasteiger partial charge in [0, 0.05) is 29.9 Å². The molecule has 3 aliphatic carbocycles. The summed E-state index contributed by atoms with van der Waals surface area (Å²) in [6.07, 6.45) is 10.7. The van der Waals surface area contributed by atoms with Gasteiger partial charge in [-0.15, -0.1) is 0 Å². The largest absolute Gasteiger partial charge is 0.347 e. The van der Waals surface area contributed by atoms with E-state index in [1.165, 1.54) is 31.4 Å². The van der Waals surface area contributed by atoms with Gasteiger partial charge in [0.1, 0.15) is 0 Å². The summed E-state index contributed by atoms with van der Waals surface area (Å²) in [5, 5.41) is 0. The molecule has 0 atom stereocenters. The molecule has 0 radical (unpaired) electrons. The summed E-state index contributed by atoms with van der Waals surface area (Å²) in [5.74, 6) is 2.20. The highest BCUT2D eigenvalue weighted by molar-refractivity contribution is 5.98. The second-order valence-corrected chi connectivity index (χ2v) is 6.03. The molecule has 17 heavy (non-hydrogen) atoms. The van der Waals surface area contributed by atoms with E-state index in [0.29, 0.717) is 5.78 Å². The number of aromatic nitrogens is 1. The third kappa shape index (κ3) is 1.57. The molecule has 2 nitrogen and oxygen atoms in total. The molecule has 0 bridgehead atoms. The lowest BCUT2D eigenvalue weighted by Gasteiger charge is -2.23. The molecule has 1 aromatic heterocycles. The van der Waals surface area contributed by atoms with Crippen LogP contribution in [0.5, 0.6) is 0 Å². The third-order valence-corrected chi connectivity index (χ3v) is 4.67. The van der Waals surface area contributed by atoms with Crippen LogP contribution < -0.4 is 0 Å². The smallest absolute Gasteiger partial charge is 0.164 e. The van der Waals surface area contributed by atoms with Crippen LogP contribution in [0.1, 0.15) is 60.6 Å². The number of rotatable bonds is 3. The SMILES string of the molecule is O=C1CCCc2c1ccn2C(C1CC1)C1CC1. The molecule has 0 saturated heterocycles. The Labute approximate surface area is 102 Å². The number of carbonyl (C=O) groups excluding carboxylic acids is 1.